The van der Waals surface area contributed by atoms with E-state index in [1.807, 2.05) is 32.2 Å². The average Bonchev–Trinajstić information content (AvgIpc) is 2.29. The van der Waals surface area contributed by atoms with Crippen LogP contribution in [0, 0.1) is 0 Å². The van der Waals surface area contributed by atoms with E-state index >= 15 is 0 Å². The van der Waals surface area contributed by atoms with Crippen LogP contribution in [0.2, 0.25) is 0 Å². The number of methoxy groups -OCH3 is 1. The predicted molar refractivity (Wildman–Crippen MR) is 61.3 cm³/mol. The van der Waals surface area contributed by atoms with Gasteiger partial charge in [-0.1, -0.05) is 12.1 Å². The molecule has 0 aromatic heterocycles. The molecule has 0 bridgehead atoms. The molecule has 0 heterocycles. The minimum Gasteiger partial charge on any atom is -0.497 e. The van der Waals surface area contributed by atoms with Crippen molar-refractivity contribution in [3.8, 4) is 5.75 Å². The van der Waals surface area contributed by atoms with Gasteiger partial charge in [0.2, 0.25) is 0 Å². The maximum atomic E-state index is 5.65. The van der Waals surface area contributed by atoms with Gasteiger partial charge in [-0.15, -0.1) is 0 Å². The second kappa shape index (κ2) is 6.43. The first-order valence-corrected chi connectivity index (χ1v) is 5.22. The molecule has 0 unspecified atom stereocenters. The van der Waals surface area contributed by atoms with E-state index < -0.39 is 0 Å². The number of likely N-dealkylation sites (N-methyl/N-ethyl adjacent to an activating group) is 1. The minimum absolute atomic E-state index is 0.0927. The van der Waals surface area contributed by atoms with E-state index in [1.165, 1.54) is 0 Å². The summed E-state index contributed by atoms with van der Waals surface area (Å²) in [5.41, 5.74) is 1.14. The van der Waals surface area contributed by atoms with Crippen molar-refractivity contribution in [1.29, 1.82) is 0 Å². The number of nitrogens with one attached hydrogen (secondary N) is 1. The van der Waals surface area contributed by atoms with Crippen LogP contribution in [0.3, 0.4) is 0 Å². The van der Waals surface area contributed by atoms with Crippen LogP contribution in [0.4, 0.5) is 0 Å². The lowest BCUT2D eigenvalue weighted by molar-refractivity contribution is 0.0636. The molecule has 1 atom stereocenters. The quantitative estimate of drug-likeness (QED) is 0.777. The lowest BCUT2D eigenvalue weighted by Gasteiger charge is -2.17. The first-order valence-electron chi connectivity index (χ1n) is 5.22. The van der Waals surface area contributed by atoms with E-state index in [-0.39, 0.29) is 6.10 Å². The first-order chi connectivity index (χ1) is 7.31. The van der Waals surface area contributed by atoms with Gasteiger partial charge in [-0.05, 0) is 31.7 Å². The Kier molecular flexibility index (Phi) is 5.15. The van der Waals surface area contributed by atoms with Gasteiger partial charge in [-0.2, -0.15) is 0 Å². The van der Waals surface area contributed by atoms with Gasteiger partial charge in [0.15, 0.2) is 0 Å². The van der Waals surface area contributed by atoms with Crippen LogP contribution in [-0.2, 0) is 4.74 Å². The monoisotopic (exact) mass is 209 g/mol. The maximum absolute atomic E-state index is 5.65. The second-order valence-electron chi connectivity index (χ2n) is 3.28. The van der Waals surface area contributed by atoms with Crippen LogP contribution >= 0.6 is 0 Å². The summed E-state index contributed by atoms with van der Waals surface area (Å²) in [6.45, 7) is 3.52. The van der Waals surface area contributed by atoms with Gasteiger partial charge in [0.05, 0.1) is 13.2 Å². The van der Waals surface area contributed by atoms with Crippen molar-refractivity contribution in [1.82, 2.24) is 5.32 Å². The largest absolute Gasteiger partial charge is 0.497 e. The highest BCUT2D eigenvalue weighted by atomic mass is 16.5. The highest BCUT2D eigenvalue weighted by Gasteiger charge is 2.10. The van der Waals surface area contributed by atoms with E-state index in [0.717, 1.165) is 17.9 Å². The van der Waals surface area contributed by atoms with Gasteiger partial charge in [0.25, 0.3) is 0 Å². The molecule has 1 N–H and O–H groups in total. The zero-order valence-corrected chi connectivity index (χ0v) is 9.62. The van der Waals surface area contributed by atoms with Crippen LogP contribution < -0.4 is 10.1 Å². The molecule has 0 saturated heterocycles. The molecule has 1 rings (SSSR count). The summed E-state index contributed by atoms with van der Waals surface area (Å²) in [5.74, 6) is 0.869. The van der Waals surface area contributed by atoms with Gasteiger partial charge >= 0.3 is 0 Å². The number of benzene rings is 1. The summed E-state index contributed by atoms with van der Waals surface area (Å²) < 4.78 is 10.8. The lowest BCUT2D eigenvalue weighted by Crippen LogP contribution is -2.19. The molecule has 3 heteroatoms. The van der Waals surface area contributed by atoms with Gasteiger partial charge in [0.1, 0.15) is 5.75 Å². The molecular formula is C12H19NO2. The van der Waals surface area contributed by atoms with Gasteiger partial charge in [-0.25, -0.2) is 0 Å². The fourth-order valence-corrected chi connectivity index (χ4v) is 1.50. The zero-order valence-electron chi connectivity index (χ0n) is 9.62. The molecule has 84 valence electrons. The lowest BCUT2D eigenvalue weighted by atomic mass is 10.1. The Labute approximate surface area is 91.4 Å². The Hall–Kier alpha value is -1.06. The topological polar surface area (TPSA) is 30.5 Å². The first kappa shape index (κ1) is 12.0. The normalized spacial score (nSPS) is 12.5. The van der Waals surface area contributed by atoms with Gasteiger partial charge < -0.3 is 14.8 Å². The molecule has 15 heavy (non-hydrogen) atoms. The van der Waals surface area contributed by atoms with Crippen LogP contribution in [0.5, 0.6) is 5.75 Å². The van der Waals surface area contributed by atoms with Crippen molar-refractivity contribution in [2.24, 2.45) is 0 Å². The summed E-state index contributed by atoms with van der Waals surface area (Å²) in [6, 6.07) is 7.99. The zero-order chi connectivity index (χ0) is 11.1. The van der Waals surface area contributed by atoms with Crippen molar-refractivity contribution in [2.75, 3.05) is 27.3 Å². The molecule has 1 aromatic carbocycles. The van der Waals surface area contributed by atoms with E-state index in [1.54, 1.807) is 7.11 Å². The van der Waals surface area contributed by atoms with E-state index in [9.17, 15) is 0 Å². The SMILES string of the molecule is CCO[C@H](CNC)c1cccc(OC)c1. The second-order valence-corrected chi connectivity index (χ2v) is 3.28. The molecule has 3 nitrogen and oxygen atoms in total. The predicted octanol–water partition coefficient (Wildman–Crippen LogP) is 1.99. The Morgan fingerprint density at radius 1 is 1.40 bits per heavy atom. The van der Waals surface area contributed by atoms with Crippen molar-refractivity contribution in [3.63, 3.8) is 0 Å². The van der Waals surface area contributed by atoms with Crippen molar-refractivity contribution < 1.29 is 9.47 Å². The third kappa shape index (κ3) is 3.53. The fourth-order valence-electron chi connectivity index (χ4n) is 1.50. The summed E-state index contributed by atoms with van der Waals surface area (Å²) >= 11 is 0. The third-order valence-electron chi connectivity index (χ3n) is 2.22. The molecule has 0 spiro atoms. The van der Waals surface area contributed by atoms with Crippen molar-refractivity contribution in [2.45, 2.75) is 13.0 Å². The van der Waals surface area contributed by atoms with E-state index in [4.69, 9.17) is 9.47 Å². The average molecular weight is 209 g/mol. The summed E-state index contributed by atoms with van der Waals surface area (Å²) in [5, 5.41) is 3.12. The number of ether oxygens (including phenoxy) is 2. The highest BCUT2D eigenvalue weighted by molar-refractivity contribution is 5.30. The summed E-state index contributed by atoms with van der Waals surface area (Å²) in [4.78, 5) is 0. The van der Waals surface area contributed by atoms with Crippen LogP contribution in [0.1, 0.15) is 18.6 Å². The highest BCUT2D eigenvalue weighted by Crippen LogP contribution is 2.21. The standard InChI is InChI=1S/C12H19NO2/c1-4-15-12(9-13-2)10-6-5-7-11(8-10)14-3/h5-8,12-13H,4,9H2,1-3H3/t12-/m1/s1. The number of hydrogen-bond acceptors (Lipinski definition) is 3. The Morgan fingerprint density at radius 3 is 2.80 bits per heavy atom. The minimum atomic E-state index is 0.0927. The molecule has 0 aliphatic heterocycles. The number of rotatable bonds is 6. The molecule has 0 radical (unpaired) electrons. The summed E-state index contributed by atoms with van der Waals surface area (Å²) in [6.07, 6.45) is 0.0927. The Balaban J connectivity index is 2.79. The third-order valence-corrected chi connectivity index (χ3v) is 2.22. The molecular weight excluding hydrogens is 190 g/mol. The maximum Gasteiger partial charge on any atom is 0.119 e. The van der Waals surface area contributed by atoms with Crippen molar-refractivity contribution in [3.05, 3.63) is 29.8 Å². The van der Waals surface area contributed by atoms with Gasteiger partial charge in [-0.3, -0.25) is 0 Å². The van der Waals surface area contributed by atoms with Gasteiger partial charge in [0, 0.05) is 13.2 Å². The smallest absolute Gasteiger partial charge is 0.119 e. The molecule has 0 aliphatic carbocycles. The Morgan fingerprint density at radius 2 is 2.20 bits per heavy atom. The molecule has 0 aliphatic rings. The van der Waals surface area contributed by atoms with E-state index in [0.29, 0.717) is 6.61 Å². The van der Waals surface area contributed by atoms with Crippen LogP contribution in [0.25, 0.3) is 0 Å². The molecule has 0 fully saturated rings. The van der Waals surface area contributed by atoms with E-state index in [2.05, 4.69) is 11.4 Å². The van der Waals surface area contributed by atoms with Crippen LogP contribution in [-0.4, -0.2) is 27.3 Å². The van der Waals surface area contributed by atoms with Crippen molar-refractivity contribution >= 4 is 0 Å². The Bertz CT molecular complexity index is 283. The molecule has 0 amide bonds. The summed E-state index contributed by atoms with van der Waals surface area (Å²) in [7, 11) is 3.60. The number of hydrogen-bond donors (Lipinski definition) is 1. The molecule has 0 saturated carbocycles. The fraction of sp³-hybridized carbons (Fsp3) is 0.500. The van der Waals surface area contributed by atoms with Crippen LogP contribution in [0.15, 0.2) is 24.3 Å². The molecule has 1 aromatic rings.